The van der Waals surface area contributed by atoms with Gasteiger partial charge in [0.1, 0.15) is 0 Å². The van der Waals surface area contributed by atoms with Gasteiger partial charge in [0.2, 0.25) is 0 Å². The molecule has 0 saturated heterocycles. The molecule has 0 heterocycles. The zero-order valence-electron chi connectivity index (χ0n) is 6.30. The molecule has 2 atom stereocenters. The summed E-state index contributed by atoms with van der Waals surface area (Å²) in [6, 6.07) is 0. The van der Waals surface area contributed by atoms with E-state index in [0.29, 0.717) is 17.7 Å². The highest BCUT2D eigenvalue weighted by Crippen LogP contribution is 2.15. The lowest BCUT2D eigenvalue weighted by Gasteiger charge is -2.09. The number of halogens is 1. The largest absolute Gasteiger partial charge is 0.481 e. The van der Waals surface area contributed by atoms with Gasteiger partial charge in [0, 0.05) is 4.83 Å². The summed E-state index contributed by atoms with van der Waals surface area (Å²) in [4.78, 5) is 10.7. The van der Waals surface area contributed by atoms with Crippen LogP contribution in [0, 0.1) is 5.92 Å². The summed E-state index contributed by atoms with van der Waals surface area (Å²) in [5, 5.41) is 8.60. The number of hydrogen-bond donors (Lipinski definition) is 1. The van der Waals surface area contributed by atoms with Gasteiger partial charge >= 0.3 is 5.97 Å². The van der Waals surface area contributed by atoms with E-state index in [1.165, 1.54) is 0 Å². The number of rotatable bonds is 4. The minimum Gasteiger partial charge on any atom is -0.481 e. The third-order valence-corrected chi connectivity index (χ3v) is 1.83. The van der Waals surface area contributed by atoms with E-state index < -0.39 is 5.97 Å². The van der Waals surface area contributed by atoms with Crippen molar-refractivity contribution >= 4 is 21.9 Å². The van der Waals surface area contributed by atoms with Crippen molar-refractivity contribution in [2.24, 2.45) is 5.92 Å². The Morgan fingerprint density at radius 1 is 1.70 bits per heavy atom. The minimum absolute atomic E-state index is 0.186. The molecule has 3 heteroatoms. The zero-order valence-corrected chi connectivity index (χ0v) is 7.89. The maximum atomic E-state index is 10.4. The van der Waals surface area contributed by atoms with Gasteiger partial charge in [0.05, 0.1) is 5.92 Å². The average molecular weight is 209 g/mol. The fourth-order valence-electron chi connectivity index (χ4n) is 0.834. The molecule has 0 bridgehead atoms. The highest BCUT2D eigenvalue weighted by atomic mass is 79.9. The summed E-state index contributed by atoms with van der Waals surface area (Å²) in [5.41, 5.74) is 0. The molecule has 1 N–H and O–H groups in total. The van der Waals surface area contributed by atoms with Gasteiger partial charge in [-0.1, -0.05) is 29.8 Å². The van der Waals surface area contributed by atoms with Crippen molar-refractivity contribution in [1.29, 1.82) is 0 Å². The molecule has 0 aliphatic heterocycles. The lowest BCUT2D eigenvalue weighted by molar-refractivity contribution is -0.142. The van der Waals surface area contributed by atoms with E-state index in [9.17, 15) is 4.79 Å². The van der Waals surface area contributed by atoms with Gasteiger partial charge < -0.3 is 5.11 Å². The Balaban J connectivity index is 3.72. The van der Waals surface area contributed by atoms with Crippen molar-refractivity contribution in [3.8, 4) is 0 Å². The predicted molar refractivity (Wildman–Crippen MR) is 44.4 cm³/mol. The quantitative estimate of drug-likeness (QED) is 0.721. The Kier molecular flexibility index (Phi) is 4.69. The van der Waals surface area contributed by atoms with E-state index in [1.807, 2.05) is 13.8 Å². The van der Waals surface area contributed by atoms with Gasteiger partial charge in [-0.25, -0.2) is 0 Å². The number of aliphatic carboxylic acids is 1. The SMILES string of the molecule is CCC(CC(C)Br)C(=O)O. The van der Waals surface area contributed by atoms with Crippen LogP contribution in [0.1, 0.15) is 26.7 Å². The molecule has 0 aromatic rings. The molecule has 0 saturated carbocycles. The van der Waals surface area contributed by atoms with Gasteiger partial charge in [-0.2, -0.15) is 0 Å². The van der Waals surface area contributed by atoms with Crippen molar-refractivity contribution < 1.29 is 9.90 Å². The maximum absolute atomic E-state index is 10.4. The summed E-state index contributed by atoms with van der Waals surface area (Å²) in [5.74, 6) is -0.872. The van der Waals surface area contributed by atoms with E-state index in [0.717, 1.165) is 0 Å². The Bertz CT molecular complexity index is 112. The number of carboxylic acid groups (broad SMARTS) is 1. The molecule has 0 radical (unpaired) electrons. The van der Waals surface area contributed by atoms with Crippen LogP contribution in [0.3, 0.4) is 0 Å². The molecular weight excluding hydrogens is 196 g/mol. The Labute approximate surface area is 69.8 Å². The van der Waals surface area contributed by atoms with Crippen molar-refractivity contribution in [3.63, 3.8) is 0 Å². The molecule has 0 rings (SSSR count). The second-order valence-electron chi connectivity index (χ2n) is 2.46. The first-order valence-electron chi connectivity index (χ1n) is 3.44. The highest BCUT2D eigenvalue weighted by Gasteiger charge is 2.16. The first kappa shape index (κ1) is 9.95. The van der Waals surface area contributed by atoms with E-state index in [4.69, 9.17) is 5.11 Å². The number of carboxylic acids is 1. The lowest BCUT2D eigenvalue weighted by Crippen LogP contribution is -2.15. The summed E-state index contributed by atoms with van der Waals surface area (Å²) in [6.45, 7) is 3.86. The molecule has 0 aliphatic rings. The smallest absolute Gasteiger partial charge is 0.306 e. The fourth-order valence-corrected chi connectivity index (χ4v) is 1.29. The van der Waals surface area contributed by atoms with Gasteiger partial charge in [-0.05, 0) is 12.8 Å². The second-order valence-corrected chi connectivity index (χ2v) is 4.02. The van der Waals surface area contributed by atoms with E-state index in [1.54, 1.807) is 0 Å². The van der Waals surface area contributed by atoms with Crippen molar-refractivity contribution in [2.45, 2.75) is 31.5 Å². The minimum atomic E-state index is -0.686. The van der Waals surface area contributed by atoms with Crippen LogP contribution < -0.4 is 0 Å². The third kappa shape index (κ3) is 3.88. The topological polar surface area (TPSA) is 37.3 Å². The van der Waals surface area contributed by atoms with Crippen LogP contribution in [-0.2, 0) is 4.79 Å². The molecule has 0 fully saturated rings. The van der Waals surface area contributed by atoms with Crippen LogP contribution in [-0.4, -0.2) is 15.9 Å². The van der Waals surface area contributed by atoms with Gasteiger partial charge in [-0.15, -0.1) is 0 Å². The van der Waals surface area contributed by atoms with Crippen molar-refractivity contribution in [1.82, 2.24) is 0 Å². The summed E-state index contributed by atoms with van der Waals surface area (Å²) in [7, 11) is 0. The second kappa shape index (κ2) is 4.72. The van der Waals surface area contributed by atoms with Crippen LogP contribution in [0.25, 0.3) is 0 Å². The zero-order chi connectivity index (χ0) is 8.15. The monoisotopic (exact) mass is 208 g/mol. The van der Waals surface area contributed by atoms with E-state index in [2.05, 4.69) is 15.9 Å². The number of alkyl halides is 1. The average Bonchev–Trinajstić information content (AvgIpc) is 1.81. The fraction of sp³-hybridized carbons (Fsp3) is 0.857. The molecule has 0 aliphatic carbocycles. The molecular formula is C7H13BrO2. The van der Waals surface area contributed by atoms with Gasteiger partial charge in [0.25, 0.3) is 0 Å². The van der Waals surface area contributed by atoms with Gasteiger partial charge in [-0.3, -0.25) is 4.79 Å². The summed E-state index contributed by atoms with van der Waals surface area (Å²) < 4.78 is 0. The summed E-state index contributed by atoms with van der Waals surface area (Å²) >= 11 is 3.32. The van der Waals surface area contributed by atoms with Crippen molar-refractivity contribution in [2.75, 3.05) is 0 Å². The Hall–Kier alpha value is -0.0500. The Morgan fingerprint density at radius 3 is 2.30 bits per heavy atom. The first-order valence-corrected chi connectivity index (χ1v) is 4.36. The Morgan fingerprint density at radius 2 is 2.20 bits per heavy atom. The molecule has 0 aromatic carbocycles. The van der Waals surface area contributed by atoms with Crippen LogP contribution >= 0.6 is 15.9 Å². The standard InChI is InChI=1S/C7H13BrO2/c1-3-6(7(9)10)4-5(2)8/h5-6H,3-4H2,1-2H3,(H,9,10). The van der Waals surface area contributed by atoms with Crippen LogP contribution in [0.4, 0.5) is 0 Å². The molecule has 60 valence electrons. The third-order valence-electron chi connectivity index (χ3n) is 1.45. The van der Waals surface area contributed by atoms with Crippen LogP contribution in [0.2, 0.25) is 0 Å². The van der Waals surface area contributed by atoms with Gasteiger partial charge in [0.15, 0.2) is 0 Å². The molecule has 10 heavy (non-hydrogen) atoms. The van der Waals surface area contributed by atoms with Crippen LogP contribution in [0.15, 0.2) is 0 Å². The predicted octanol–water partition coefficient (Wildman–Crippen LogP) is 2.27. The normalized spacial score (nSPS) is 16.3. The lowest BCUT2D eigenvalue weighted by atomic mass is 10.0. The maximum Gasteiger partial charge on any atom is 0.306 e. The van der Waals surface area contributed by atoms with E-state index in [-0.39, 0.29) is 5.92 Å². The van der Waals surface area contributed by atoms with Crippen LogP contribution in [0.5, 0.6) is 0 Å². The first-order chi connectivity index (χ1) is 4.57. The number of hydrogen-bond acceptors (Lipinski definition) is 1. The molecule has 2 nitrogen and oxygen atoms in total. The number of carbonyl (C=O) groups is 1. The van der Waals surface area contributed by atoms with E-state index >= 15 is 0 Å². The molecule has 0 aromatic heterocycles. The molecule has 0 spiro atoms. The van der Waals surface area contributed by atoms with Crippen molar-refractivity contribution in [3.05, 3.63) is 0 Å². The molecule has 2 unspecified atom stereocenters. The summed E-state index contributed by atoms with van der Waals surface area (Å²) in [6.07, 6.45) is 1.43. The molecule has 0 amide bonds. The highest BCUT2D eigenvalue weighted by molar-refractivity contribution is 9.09.